The van der Waals surface area contributed by atoms with Gasteiger partial charge in [-0.2, -0.15) is 0 Å². The Morgan fingerprint density at radius 2 is 2.00 bits per heavy atom. The summed E-state index contributed by atoms with van der Waals surface area (Å²) >= 11 is 0. The van der Waals surface area contributed by atoms with Gasteiger partial charge in [0.2, 0.25) is 10.0 Å². The van der Waals surface area contributed by atoms with Crippen LogP contribution in [0.15, 0.2) is 49.1 Å². The number of nitrogens with one attached hydrogen (secondary N) is 2. The maximum atomic E-state index is 11.5. The summed E-state index contributed by atoms with van der Waals surface area (Å²) in [6.45, 7) is 4.16. The highest BCUT2D eigenvalue weighted by Gasteiger charge is 2.21. The quantitative estimate of drug-likeness (QED) is 0.736. The van der Waals surface area contributed by atoms with Crippen LogP contribution in [0, 0.1) is 13.8 Å². The molecule has 130 valence electrons. The van der Waals surface area contributed by atoms with Gasteiger partial charge in [0, 0.05) is 18.1 Å². The average Bonchev–Trinajstić information content (AvgIpc) is 3.04. The Bertz CT molecular complexity index is 982. The number of pyridine rings is 1. The largest absolute Gasteiger partial charge is 0.348 e. The molecule has 6 nitrogen and oxygen atoms in total. The number of benzene rings is 1. The molecule has 3 aromatic rings. The first kappa shape index (κ1) is 17.2. The van der Waals surface area contributed by atoms with Gasteiger partial charge >= 0.3 is 0 Å². The van der Waals surface area contributed by atoms with Gasteiger partial charge in [0.15, 0.2) is 0 Å². The number of H-pyrrole nitrogens is 1. The maximum absolute atomic E-state index is 11.5. The van der Waals surface area contributed by atoms with E-state index in [4.69, 9.17) is 0 Å². The lowest BCUT2D eigenvalue weighted by molar-refractivity contribution is 0.606. The average molecular weight is 356 g/mol. The molecule has 0 aliphatic carbocycles. The van der Waals surface area contributed by atoms with Gasteiger partial charge < -0.3 is 4.98 Å². The Morgan fingerprint density at radius 3 is 2.68 bits per heavy atom. The van der Waals surface area contributed by atoms with Crippen molar-refractivity contribution < 1.29 is 8.42 Å². The van der Waals surface area contributed by atoms with Crippen molar-refractivity contribution in [2.75, 3.05) is 11.0 Å². The molecule has 0 bridgehead atoms. The van der Waals surface area contributed by atoms with Crippen LogP contribution in [0.4, 0.5) is 5.82 Å². The van der Waals surface area contributed by atoms with Gasteiger partial charge in [-0.25, -0.2) is 18.4 Å². The minimum absolute atomic E-state index is 0.0921. The molecule has 2 aromatic heterocycles. The van der Waals surface area contributed by atoms with Crippen molar-refractivity contribution in [2.45, 2.75) is 19.8 Å². The molecule has 0 saturated carbocycles. The van der Waals surface area contributed by atoms with E-state index >= 15 is 0 Å². The van der Waals surface area contributed by atoms with Gasteiger partial charge in [0.1, 0.15) is 5.82 Å². The fourth-order valence-electron chi connectivity index (χ4n) is 2.91. The summed E-state index contributed by atoms with van der Waals surface area (Å²) in [5.41, 5.74) is 5.40. The van der Waals surface area contributed by atoms with E-state index in [0.29, 0.717) is 5.82 Å². The third kappa shape index (κ3) is 3.88. The predicted octanol–water partition coefficient (Wildman–Crippen LogP) is 2.97. The van der Waals surface area contributed by atoms with Crippen LogP contribution >= 0.6 is 0 Å². The van der Waals surface area contributed by atoms with E-state index in [2.05, 4.69) is 45.7 Å². The summed E-state index contributed by atoms with van der Waals surface area (Å²) in [5.74, 6) is 0.209. The molecule has 1 aromatic carbocycles. The lowest BCUT2D eigenvalue weighted by Crippen LogP contribution is -2.12. The van der Waals surface area contributed by atoms with Crippen molar-refractivity contribution in [3.05, 3.63) is 77.0 Å². The third-order valence-corrected chi connectivity index (χ3v) is 4.78. The Kier molecular flexibility index (Phi) is 4.59. The Hall–Kier alpha value is -2.67. The highest BCUT2D eigenvalue weighted by Crippen LogP contribution is 2.34. The number of aromatic amines is 1. The normalized spacial score (nSPS) is 12.8. The lowest BCUT2D eigenvalue weighted by Gasteiger charge is -2.20. The summed E-state index contributed by atoms with van der Waals surface area (Å²) in [5, 5.41) is 0. The minimum atomic E-state index is -3.39. The molecular weight excluding hydrogens is 336 g/mol. The molecule has 0 aliphatic heterocycles. The number of nitrogens with zero attached hydrogens (tertiary/aromatic N) is 2. The van der Waals surface area contributed by atoms with Crippen LogP contribution in [-0.2, 0) is 10.0 Å². The van der Waals surface area contributed by atoms with Crippen LogP contribution in [0.2, 0.25) is 0 Å². The number of hydrogen-bond donors (Lipinski definition) is 2. The standard InChI is InChI=1S/C18H20N4O2S/c1-12-5-4-6-15(13(12)2)18(16-10-19-11-21-16)14-7-8-20-17(9-14)22-25(3,23)24/h4-11,18H,1-3H3,(H,19,21)(H,20,22). The van der Waals surface area contributed by atoms with Crippen LogP contribution in [0.25, 0.3) is 0 Å². The number of aryl methyl sites for hydroxylation is 1. The molecule has 7 heteroatoms. The zero-order valence-corrected chi connectivity index (χ0v) is 15.1. The van der Waals surface area contributed by atoms with Crippen LogP contribution in [-0.4, -0.2) is 29.6 Å². The minimum Gasteiger partial charge on any atom is -0.348 e. The molecule has 0 amide bonds. The molecule has 2 heterocycles. The van der Waals surface area contributed by atoms with Crippen LogP contribution < -0.4 is 4.72 Å². The molecule has 0 fully saturated rings. The number of anilines is 1. The monoisotopic (exact) mass is 356 g/mol. The summed E-state index contributed by atoms with van der Waals surface area (Å²) in [7, 11) is -3.39. The molecule has 0 radical (unpaired) electrons. The van der Waals surface area contributed by atoms with Crippen molar-refractivity contribution in [2.24, 2.45) is 0 Å². The maximum Gasteiger partial charge on any atom is 0.230 e. The predicted molar refractivity (Wildman–Crippen MR) is 98.2 cm³/mol. The van der Waals surface area contributed by atoms with E-state index in [9.17, 15) is 8.42 Å². The van der Waals surface area contributed by atoms with E-state index in [1.165, 1.54) is 11.1 Å². The first-order valence-corrected chi connectivity index (χ1v) is 9.72. The second-order valence-corrected chi connectivity index (χ2v) is 7.83. The summed E-state index contributed by atoms with van der Waals surface area (Å²) in [4.78, 5) is 11.4. The van der Waals surface area contributed by atoms with E-state index in [1.807, 2.05) is 12.1 Å². The summed E-state index contributed by atoms with van der Waals surface area (Å²) < 4.78 is 25.5. The fraction of sp³-hybridized carbons (Fsp3) is 0.222. The topological polar surface area (TPSA) is 87.7 Å². The Balaban J connectivity index is 2.14. The fourth-order valence-corrected chi connectivity index (χ4v) is 3.40. The summed E-state index contributed by atoms with van der Waals surface area (Å²) in [6, 6.07) is 9.83. The van der Waals surface area contributed by atoms with Crippen molar-refractivity contribution >= 4 is 15.8 Å². The van der Waals surface area contributed by atoms with Crippen molar-refractivity contribution in [3.8, 4) is 0 Å². The zero-order valence-electron chi connectivity index (χ0n) is 14.3. The molecule has 0 spiro atoms. The van der Waals surface area contributed by atoms with Crippen LogP contribution in [0.3, 0.4) is 0 Å². The van der Waals surface area contributed by atoms with E-state index in [0.717, 1.165) is 23.1 Å². The molecular formula is C18H20N4O2S. The third-order valence-electron chi connectivity index (χ3n) is 4.20. The van der Waals surface area contributed by atoms with Crippen molar-refractivity contribution in [3.63, 3.8) is 0 Å². The highest BCUT2D eigenvalue weighted by atomic mass is 32.2. The summed E-state index contributed by atoms with van der Waals surface area (Å²) in [6.07, 6.45) is 6.15. The smallest absolute Gasteiger partial charge is 0.230 e. The Morgan fingerprint density at radius 1 is 1.20 bits per heavy atom. The van der Waals surface area contributed by atoms with Crippen LogP contribution in [0.5, 0.6) is 0 Å². The number of rotatable bonds is 5. The van der Waals surface area contributed by atoms with Gasteiger partial charge in [0.05, 0.1) is 18.5 Å². The second-order valence-electron chi connectivity index (χ2n) is 6.08. The highest BCUT2D eigenvalue weighted by molar-refractivity contribution is 7.92. The number of sulfonamides is 1. The molecule has 1 atom stereocenters. The SMILES string of the molecule is Cc1cccc(C(c2ccnc(NS(C)(=O)=O)c2)c2cnc[nH]2)c1C. The lowest BCUT2D eigenvalue weighted by atomic mass is 9.85. The molecule has 25 heavy (non-hydrogen) atoms. The van der Waals surface area contributed by atoms with Crippen LogP contribution in [0.1, 0.15) is 33.9 Å². The zero-order chi connectivity index (χ0) is 18.0. The molecule has 2 N–H and O–H groups in total. The van der Waals surface area contributed by atoms with Gasteiger partial charge in [-0.3, -0.25) is 4.72 Å². The number of hydrogen-bond acceptors (Lipinski definition) is 4. The van der Waals surface area contributed by atoms with E-state index in [-0.39, 0.29) is 5.92 Å². The Labute approximate surface area is 147 Å². The van der Waals surface area contributed by atoms with E-state index < -0.39 is 10.0 Å². The molecule has 0 aliphatic rings. The van der Waals surface area contributed by atoms with Crippen molar-refractivity contribution in [1.29, 1.82) is 0 Å². The van der Waals surface area contributed by atoms with Gasteiger partial charge in [-0.15, -0.1) is 0 Å². The van der Waals surface area contributed by atoms with E-state index in [1.54, 1.807) is 24.8 Å². The first-order valence-electron chi connectivity index (χ1n) is 7.83. The van der Waals surface area contributed by atoms with Gasteiger partial charge in [-0.05, 0) is 48.2 Å². The number of imidazole rings is 1. The van der Waals surface area contributed by atoms with Crippen molar-refractivity contribution in [1.82, 2.24) is 15.0 Å². The second kappa shape index (κ2) is 6.68. The number of aromatic nitrogens is 3. The van der Waals surface area contributed by atoms with Gasteiger partial charge in [-0.1, -0.05) is 18.2 Å². The first-order chi connectivity index (χ1) is 11.8. The molecule has 0 saturated heterocycles. The molecule has 3 rings (SSSR count). The molecule has 1 unspecified atom stereocenters. The van der Waals surface area contributed by atoms with Gasteiger partial charge in [0.25, 0.3) is 0 Å².